The van der Waals surface area contributed by atoms with E-state index in [1.807, 2.05) is 45.1 Å². The van der Waals surface area contributed by atoms with Crippen LogP contribution >= 0.6 is 22.9 Å². The number of nitrogens with zero attached hydrogens (tertiary/aromatic N) is 4. The van der Waals surface area contributed by atoms with Crippen LogP contribution in [0.15, 0.2) is 54.0 Å². The van der Waals surface area contributed by atoms with Crippen LogP contribution in [0.25, 0.3) is 16.2 Å². The van der Waals surface area contributed by atoms with Crippen molar-refractivity contribution in [1.29, 1.82) is 0 Å². The first-order valence-corrected chi connectivity index (χ1v) is 12.0. The number of thiazole rings is 1. The van der Waals surface area contributed by atoms with E-state index in [9.17, 15) is 4.79 Å². The second-order valence-corrected chi connectivity index (χ2v) is 9.62. The summed E-state index contributed by atoms with van der Waals surface area (Å²) in [5, 5.41) is 2.73. The Labute approximate surface area is 196 Å². The lowest BCUT2D eigenvalue weighted by molar-refractivity contribution is -0.130. The molecule has 0 N–H and O–H groups in total. The molecule has 0 unspecified atom stereocenters. The van der Waals surface area contributed by atoms with E-state index in [4.69, 9.17) is 16.6 Å². The number of carbonyl (C=O) groups excluding carboxylic acids is 1. The van der Waals surface area contributed by atoms with Crippen LogP contribution < -0.4 is 4.90 Å². The van der Waals surface area contributed by atoms with E-state index < -0.39 is 0 Å². The van der Waals surface area contributed by atoms with Gasteiger partial charge in [-0.3, -0.25) is 9.20 Å². The summed E-state index contributed by atoms with van der Waals surface area (Å²) in [7, 11) is 0. The number of carbonyl (C=O) groups is 1. The maximum Gasteiger partial charge on any atom is 0.228 e. The van der Waals surface area contributed by atoms with Crippen molar-refractivity contribution in [3.05, 3.63) is 75.9 Å². The number of aryl methyl sites for hydroxylation is 2. The Kier molecular flexibility index (Phi) is 5.66. The normalized spacial score (nSPS) is 14.3. The number of imidazole rings is 1. The van der Waals surface area contributed by atoms with Gasteiger partial charge < -0.3 is 9.80 Å². The molecule has 1 fully saturated rings. The number of hydrogen-bond acceptors (Lipinski definition) is 4. The summed E-state index contributed by atoms with van der Waals surface area (Å²) in [6.07, 6.45) is 2.38. The zero-order valence-corrected chi connectivity index (χ0v) is 19.8. The third kappa shape index (κ3) is 4.12. The fraction of sp³-hybridized carbons (Fsp3) is 0.280. The quantitative estimate of drug-likeness (QED) is 0.415. The number of benzene rings is 2. The zero-order chi connectivity index (χ0) is 22.2. The molecule has 0 radical (unpaired) electrons. The second-order valence-electron chi connectivity index (χ2n) is 8.35. The largest absolute Gasteiger partial charge is 0.368 e. The molecule has 1 saturated heterocycles. The van der Waals surface area contributed by atoms with Crippen LogP contribution in [-0.2, 0) is 11.2 Å². The van der Waals surface area contributed by atoms with Gasteiger partial charge in [0, 0.05) is 59.7 Å². The Morgan fingerprint density at radius 3 is 2.69 bits per heavy atom. The molecule has 1 aliphatic rings. The smallest absolute Gasteiger partial charge is 0.228 e. The van der Waals surface area contributed by atoms with Crippen molar-refractivity contribution in [2.45, 2.75) is 20.3 Å². The third-order valence-corrected chi connectivity index (χ3v) is 7.20. The maximum atomic E-state index is 13.1. The summed E-state index contributed by atoms with van der Waals surface area (Å²) in [5.74, 6) is 0.170. The van der Waals surface area contributed by atoms with Gasteiger partial charge >= 0.3 is 0 Å². The first kappa shape index (κ1) is 21.0. The molecule has 0 saturated carbocycles. The first-order chi connectivity index (χ1) is 15.5. The van der Waals surface area contributed by atoms with Crippen molar-refractivity contribution in [3.8, 4) is 11.3 Å². The minimum Gasteiger partial charge on any atom is -0.368 e. The predicted molar refractivity (Wildman–Crippen MR) is 132 cm³/mol. The molecule has 0 atom stereocenters. The first-order valence-electron chi connectivity index (χ1n) is 10.8. The molecule has 0 bridgehead atoms. The minimum atomic E-state index is 0.170. The standard InChI is InChI=1S/C25H25ClN4OS/c1-17-6-7-18(2)23(12-17)28-8-10-29(11-9-28)24(31)14-21-16-32-25-27-22(15-30(21)25)19-4-3-5-20(26)13-19/h3-7,12-13,15-16H,8-11,14H2,1-2H3. The van der Waals surface area contributed by atoms with Crippen LogP contribution in [0.1, 0.15) is 16.8 Å². The molecule has 2 aromatic carbocycles. The molecule has 5 nitrogen and oxygen atoms in total. The SMILES string of the molecule is Cc1ccc(C)c(N2CCN(C(=O)Cc3csc4nc(-c5cccc(Cl)c5)cn34)CC2)c1. The van der Waals surface area contributed by atoms with Gasteiger partial charge in [0.2, 0.25) is 5.91 Å². The lowest BCUT2D eigenvalue weighted by Gasteiger charge is -2.37. The van der Waals surface area contributed by atoms with Crippen molar-refractivity contribution in [2.75, 3.05) is 31.1 Å². The van der Waals surface area contributed by atoms with Gasteiger partial charge in [-0.2, -0.15) is 0 Å². The molecule has 0 aliphatic carbocycles. The summed E-state index contributed by atoms with van der Waals surface area (Å²) >= 11 is 7.70. The highest BCUT2D eigenvalue weighted by atomic mass is 35.5. The van der Waals surface area contributed by atoms with E-state index in [1.54, 1.807) is 11.3 Å². The molecule has 4 aromatic rings. The molecule has 1 amide bonds. The van der Waals surface area contributed by atoms with Crippen molar-refractivity contribution in [1.82, 2.24) is 14.3 Å². The highest BCUT2D eigenvalue weighted by Crippen LogP contribution is 2.27. The molecule has 2 aromatic heterocycles. The Hall–Kier alpha value is -2.83. The summed E-state index contributed by atoms with van der Waals surface area (Å²) in [6.45, 7) is 7.49. The lowest BCUT2D eigenvalue weighted by Crippen LogP contribution is -2.49. The molecule has 0 spiro atoms. The number of anilines is 1. The number of halogens is 1. The molecule has 7 heteroatoms. The number of aromatic nitrogens is 2. The maximum absolute atomic E-state index is 13.1. The summed E-state index contributed by atoms with van der Waals surface area (Å²) < 4.78 is 2.03. The Balaban J connectivity index is 1.27. The molecule has 3 heterocycles. The number of hydrogen-bond donors (Lipinski definition) is 0. The fourth-order valence-corrected chi connectivity index (χ4v) is 5.33. The predicted octanol–water partition coefficient (Wildman–Crippen LogP) is 5.22. The average Bonchev–Trinajstić information content (AvgIpc) is 3.37. The fourth-order valence-electron chi connectivity index (χ4n) is 4.27. The van der Waals surface area contributed by atoms with Gasteiger partial charge in [-0.1, -0.05) is 35.9 Å². The van der Waals surface area contributed by atoms with E-state index in [0.29, 0.717) is 11.4 Å². The van der Waals surface area contributed by atoms with Gasteiger partial charge in [0.1, 0.15) is 0 Å². The van der Waals surface area contributed by atoms with Crippen molar-refractivity contribution < 1.29 is 4.79 Å². The van der Waals surface area contributed by atoms with Gasteiger partial charge in [0.15, 0.2) is 4.96 Å². The molecule has 5 rings (SSSR count). The number of piperazine rings is 1. The van der Waals surface area contributed by atoms with Crippen LogP contribution in [0.5, 0.6) is 0 Å². The van der Waals surface area contributed by atoms with Crippen molar-refractivity contribution >= 4 is 39.5 Å². The molecule has 32 heavy (non-hydrogen) atoms. The van der Waals surface area contributed by atoms with E-state index in [-0.39, 0.29) is 5.91 Å². The summed E-state index contributed by atoms with van der Waals surface area (Å²) in [5.41, 5.74) is 6.66. The van der Waals surface area contributed by atoms with Gasteiger partial charge in [-0.15, -0.1) is 11.3 Å². The van der Waals surface area contributed by atoms with E-state index in [2.05, 4.69) is 36.9 Å². The van der Waals surface area contributed by atoms with E-state index in [1.165, 1.54) is 16.8 Å². The molecular weight excluding hydrogens is 440 g/mol. The second kappa shape index (κ2) is 8.60. The van der Waals surface area contributed by atoms with Crippen LogP contribution in [0.2, 0.25) is 5.02 Å². The van der Waals surface area contributed by atoms with Crippen LogP contribution in [0.4, 0.5) is 5.69 Å². The molecular formula is C25H25ClN4OS. The van der Waals surface area contributed by atoms with Gasteiger partial charge in [0.05, 0.1) is 12.1 Å². The third-order valence-electron chi connectivity index (χ3n) is 6.07. The Bertz CT molecular complexity index is 1290. The van der Waals surface area contributed by atoms with Crippen molar-refractivity contribution in [3.63, 3.8) is 0 Å². The van der Waals surface area contributed by atoms with Crippen LogP contribution in [0.3, 0.4) is 0 Å². The number of rotatable bonds is 4. The van der Waals surface area contributed by atoms with Gasteiger partial charge in [0.25, 0.3) is 0 Å². The number of amides is 1. The van der Waals surface area contributed by atoms with E-state index in [0.717, 1.165) is 48.1 Å². The minimum absolute atomic E-state index is 0.170. The Morgan fingerprint density at radius 2 is 1.91 bits per heavy atom. The highest BCUT2D eigenvalue weighted by molar-refractivity contribution is 7.15. The Morgan fingerprint density at radius 1 is 1.09 bits per heavy atom. The summed E-state index contributed by atoms with van der Waals surface area (Å²) in [4.78, 5) is 23.0. The highest BCUT2D eigenvalue weighted by Gasteiger charge is 2.23. The summed E-state index contributed by atoms with van der Waals surface area (Å²) in [6, 6.07) is 14.3. The topological polar surface area (TPSA) is 40.8 Å². The molecule has 164 valence electrons. The van der Waals surface area contributed by atoms with Crippen LogP contribution in [-0.4, -0.2) is 46.4 Å². The number of fused-ring (bicyclic) bond motifs is 1. The van der Waals surface area contributed by atoms with Gasteiger partial charge in [-0.05, 0) is 43.2 Å². The van der Waals surface area contributed by atoms with E-state index >= 15 is 0 Å². The lowest BCUT2D eigenvalue weighted by atomic mass is 10.1. The van der Waals surface area contributed by atoms with Crippen molar-refractivity contribution in [2.24, 2.45) is 0 Å². The monoisotopic (exact) mass is 464 g/mol. The average molecular weight is 465 g/mol. The van der Waals surface area contributed by atoms with Crippen LogP contribution in [0, 0.1) is 13.8 Å². The van der Waals surface area contributed by atoms with Gasteiger partial charge in [-0.25, -0.2) is 4.98 Å². The zero-order valence-electron chi connectivity index (χ0n) is 18.2. The molecule has 1 aliphatic heterocycles.